The van der Waals surface area contributed by atoms with Gasteiger partial charge in [0.05, 0.1) is 25.5 Å². The molecule has 9 nitrogen and oxygen atoms in total. The smallest absolute Gasteiger partial charge is 0.174 e. The summed E-state index contributed by atoms with van der Waals surface area (Å²) in [6.07, 6.45) is 2.64. The van der Waals surface area contributed by atoms with E-state index in [9.17, 15) is 0 Å². The third-order valence-electron chi connectivity index (χ3n) is 5.93. The molecule has 1 unspecified atom stereocenters. The number of tetrazole rings is 1. The lowest BCUT2D eigenvalue weighted by Crippen LogP contribution is -2.36. The number of benzene rings is 1. The Morgan fingerprint density at radius 2 is 1.88 bits per heavy atom. The summed E-state index contributed by atoms with van der Waals surface area (Å²) in [4.78, 5) is 4.85. The van der Waals surface area contributed by atoms with Crippen LogP contribution in [0.2, 0.25) is 0 Å². The number of nitrogens with zero attached hydrogens (tertiary/aromatic N) is 7. The standard InChI is InChI=1S/C25H32N8O/c1-18-10-11-23(28-20(18)3)24(27-19(2)16-22-12-13-26-32(22)4)25-29-30-31-33(25)14-15-34-17-21-8-6-5-7-9-21/h5-13,19,24,27H,14-17H2,1-4H3/t19-,24?/m1/s1. The molecule has 2 atom stereocenters. The Kier molecular flexibility index (Phi) is 7.76. The summed E-state index contributed by atoms with van der Waals surface area (Å²) >= 11 is 0. The molecule has 34 heavy (non-hydrogen) atoms. The zero-order valence-electron chi connectivity index (χ0n) is 20.2. The molecule has 0 aliphatic heterocycles. The molecule has 0 fully saturated rings. The van der Waals surface area contributed by atoms with Gasteiger partial charge >= 0.3 is 0 Å². The molecule has 0 aliphatic rings. The molecular formula is C25H32N8O. The van der Waals surface area contributed by atoms with Crippen LogP contribution < -0.4 is 5.32 Å². The summed E-state index contributed by atoms with van der Waals surface area (Å²) in [7, 11) is 1.96. The van der Waals surface area contributed by atoms with E-state index in [1.165, 1.54) is 0 Å². The highest BCUT2D eigenvalue weighted by molar-refractivity contribution is 5.25. The van der Waals surface area contributed by atoms with E-state index in [-0.39, 0.29) is 12.1 Å². The minimum atomic E-state index is -0.258. The summed E-state index contributed by atoms with van der Waals surface area (Å²) in [5.74, 6) is 0.718. The zero-order valence-corrected chi connectivity index (χ0v) is 20.2. The lowest BCUT2D eigenvalue weighted by molar-refractivity contribution is 0.109. The molecule has 178 valence electrons. The molecule has 0 saturated heterocycles. The fourth-order valence-corrected chi connectivity index (χ4v) is 3.85. The van der Waals surface area contributed by atoms with E-state index in [2.05, 4.69) is 58.0 Å². The number of hydrogen-bond donors (Lipinski definition) is 1. The summed E-state index contributed by atoms with van der Waals surface area (Å²) in [5, 5.41) is 20.6. The van der Waals surface area contributed by atoms with E-state index in [1.807, 2.05) is 55.2 Å². The lowest BCUT2D eigenvalue weighted by Gasteiger charge is -2.23. The van der Waals surface area contributed by atoms with Crippen molar-refractivity contribution < 1.29 is 4.74 Å². The van der Waals surface area contributed by atoms with Crippen molar-refractivity contribution in [3.63, 3.8) is 0 Å². The SMILES string of the molecule is Cc1ccc(C(N[C@H](C)Cc2ccnn2C)c2nnnn2CCOCc2ccccc2)nc1C. The summed E-state index contributed by atoms with van der Waals surface area (Å²) in [5.41, 5.74) is 5.33. The van der Waals surface area contributed by atoms with Crippen LogP contribution in [0.3, 0.4) is 0 Å². The van der Waals surface area contributed by atoms with Gasteiger partial charge in [-0.3, -0.25) is 15.0 Å². The Bertz CT molecular complexity index is 1190. The monoisotopic (exact) mass is 460 g/mol. The number of nitrogens with one attached hydrogen (secondary N) is 1. The van der Waals surface area contributed by atoms with Crippen molar-refractivity contribution in [2.75, 3.05) is 6.61 Å². The number of ether oxygens (including phenoxy) is 1. The van der Waals surface area contributed by atoms with Gasteiger partial charge in [0.1, 0.15) is 6.04 Å². The van der Waals surface area contributed by atoms with Crippen molar-refractivity contribution in [2.45, 2.75) is 52.4 Å². The van der Waals surface area contributed by atoms with Gasteiger partial charge in [0, 0.05) is 37.1 Å². The Labute approximate surface area is 200 Å². The van der Waals surface area contributed by atoms with Gasteiger partial charge in [0.2, 0.25) is 0 Å². The molecule has 1 N–H and O–H groups in total. The lowest BCUT2D eigenvalue weighted by atomic mass is 10.1. The maximum Gasteiger partial charge on any atom is 0.174 e. The van der Waals surface area contributed by atoms with E-state index in [0.717, 1.165) is 40.5 Å². The van der Waals surface area contributed by atoms with Crippen LogP contribution in [0.25, 0.3) is 0 Å². The van der Waals surface area contributed by atoms with Gasteiger partial charge in [0.15, 0.2) is 5.82 Å². The first-order valence-electron chi connectivity index (χ1n) is 11.6. The third kappa shape index (κ3) is 5.92. The van der Waals surface area contributed by atoms with Crippen LogP contribution in [0.5, 0.6) is 0 Å². The van der Waals surface area contributed by atoms with E-state index >= 15 is 0 Å². The van der Waals surface area contributed by atoms with Crippen LogP contribution in [-0.4, -0.2) is 47.6 Å². The van der Waals surface area contributed by atoms with Gasteiger partial charge < -0.3 is 4.74 Å². The Morgan fingerprint density at radius 1 is 1.06 bits per heavy atom. The van der Waals surface area contributed by atoms with Crippen LogP contribution in [0.15, 0.2) is 54.7 Å². The molecule has 0 aliphatic carbocycles. The number of hydrogen-bond acceptors (Lipinski definition) is 7. The van der Waals surface area contributed by atoms with Crippen LogP contribution in [0.4, 0.5) is 0 Å². The Balaban J connectivity index is 1.50. The molecule has 4 rings (SSSR count). The molecule has 0 spiro atoms. The number of aromatic nitrogens is 7. The van der Waals surface area contributed by atoms with E-state index in [0.29, 0.717) is 19.8 Å². The maximum atomic E-state index is 5.87. The third-order valence-corrected chi connectivity index (χ3v) is 5.93. The second-order valence-electron chi connectivity index (χ2n) is 8.59. The minimum Gasteiger partial charge on any atom is -0.375 e. The molecule has 3 heterocycles. The van der Waals surface area contributed by atoms with Crippen molar-refractivity contribution in [2.24, 2.45) is 7.05 Å². The fraction of sp³-hybridized carbons (Fsp3) is 0.400. The molecule has 0 bridgehead atoms. The highest BCUT2D eigenvalue weighted by atomic mass is 16.5. The largest absolute Gasteiger partial charge is 0.375 e. The van der Waals surface area contributed by atoms with Crippen LogP contribution >= 0.6 is 0 Å². The average Bonchev–Trinajstić information content (AvgIpc) is 3.46. The number of pyridine rings is 1. The average molecular weight is 461 g/mol. The van der Waals surface area contributed by atoms with Gasteiger partial charge in [-0.05, 0) is 54.5 Å². The van der Waals surface area contributed by atoms with E-state index < -0.39 is 0 Å². The van der Waals surface area contributed by atoms with Gasteiger partial charge in [-0.15, -0.1) is 5.10 Å². The normalized spacial score (nSPS) is 13.2. The molecule has 3 aromatic heterocycles. The molecule has 9 heteroatoms. The van der Waals surface area contributed by atoms with Crippen molar-refractivity contribution in [1.82, 2.24) is 40.3 Å². The predicted molar refractivity (Wildman–Crippen MR) is 129 cm³/mol. The first-order chi connectivity index (χ1) is 16.5. The molecule has 1 aromatic carbocycles. The zero-order chi connectivity index (χ0) is 23.9. The number of aryl methyl sites for hydroxylation is 3. The van der Waals surface area contributed by atoms with Crippen molar-refractivity contribution in [1.29, 1.82) is 0 Å². The summed E-state index contributed by atoms with van der Waals surface area (Å²) < 4.78 is 9.57. The van der Waals surface area contributed by atoms with Gasteiger partial charge in [0.25, 0.3) is 0 Å². The van der Waals surface area contributed by atoms with Crippen molar-refractivity contribution in [3.05, 3.63) is 88.8 Å². The highest BCUT2D eigenvalue weighted by Gasteiger charge is 2.25. The highest BCUT2D eigenvalue weighted by Crippen LogP contribution is 2.21. The van der Waals surface area contributed by atoms with Crippen LogP contribution in [-0.2, 0) is 31.4 Å². The summed E-state index contributed by atoms with van der Waals surface area (Å²) in [6.45, 7) is 7.85. The second-order valence-corrected chi connectivity index (χ2v) is 8.59. The van der Waals surface area contributed by atoms with Crippen molar-refractivity contribution in [3.8, 4) is 0 Å². The van der Waals surface area contributed by atoms with Gasteiger partial charge in [-0.25, -0.2) is 4.68 Å². The Hall–Kier alpha value is -3.43. The van der Waals surface area contributed by atoms with Crippen molar-refractivity contribution >= 4 is 0 Å². The van der Waals surface area contributed by atoms with Crippen LogP contribution in [0, 0.1) is 13.8 Å². The molecule has 0 radical (unpaired) electrons. The minimum absolute atomic E-state index is 0.142. The van der Waals surface area contributed by atoms with Crippen LogP contribution in [0.1, 0.15) is 47.0 Å². The predicted octanol–water partition coefficient (Wildman–Crippen LogP) is 2.95. The van der Waals surface area contributed by atoms with Gasteiger partial charge in [-0.2, -0.15) is 5.10 Å². The topological polar surface area (TPSA) is 95.6 Å². The first kappa shape index (κ1) is 23.7. The first-order valence-corrected chi connectivity index (χ1v) is 11.6. The molecule has 4 aromatic rings. The van der Waals surface area contributed by atoms with E-state index in [4.69, 9.17) is 9.72 Å². The second kappa shape index (κ2) is 11.1. The van der Waals surface area contributed by atoms with E-state index in [1.54, 1.807) is 4.68 Å². The molecule has 0 saturated carbocycles. The molecular weight excluding hydrogens is 428 g/mol. The quantitative estimate of drug-likeness (QED) is 0.344. The fourth-order valence-electron chi connectivity index (χ4n) is 3.85. The Morgan fingerprint density at radius 3 is 2.62 bits per heavy atom. The summed E-state index contributed by atoms with van der Waals surface area (Å²) in [6, 6.07) is 16.2. The molecule has 0 amide bonds. The maximum absolute atomic E-state index is 5.87. The van der Waals surface area contributed by atoms with Gasteiger partial charge in [-0.1, -0.05) is 36.4 Å². The number of rotatable bonds is 11.